The fraction of sp³-hybridized carbons (Fsp3) is 0.188. The number of anilines is 1. The highest BCUT2D eigenvalue weighted by Gasteiger charge is 2.03. The average Bonchev–Trinajstić information content (AvgIpc) is 2.51. The molecule has 0 aliphatic carbocycles. The molecule has 2 rings (SSSR count). The lowest BCUT2D eigenvalue weighted by Gasteiger charge is -2.10. The quantitative estimate of drug-likeness (QED) is 0.498. The van der Waals surface area contributed by atoms with Crippen LogP contribution >= 0.6 is 27.5 Å². The number of carbonyl (C=O) groups excluding carboxylic acids is 1. The molecule has 0 aromatic heterocycles. The highest BCUT2D eigenvalue weighted by atomic mass is 79.9. The first-order chi connectivity index (χ1) is 11.0. The third-order valence-corrected chi connectivity index (χ3v) is 3.67. The first-order valence-corrected chi connectivity index (χ1v) is 8.13. The molecule has 3 N–H and O–H groups in total. The van der Waals surface area contributed by atoms with Crippen LogP contribution in [0.4, 0.5) is 10.5 Å². The number of ether oxygens (including phenoxy) is 1. The van der Waals surface area contributed by atoms with Gasteiger partial charge in [-0.1, -0.05) is 27.5 Å². The molecule has 0 saturated carbocycles. The van der Waals surface area contributed by atoms with Gasteiger partial charge in [-0.2, -0.15) is 0 Å². The number of urea groups is 1. The predicted octanol–water partition coefficient (Wildman–Crippen LogP) is 4.40. The standard InChI is InChI=1S/C16H16BrClN2O3/c17-11-2-7-15(14(18)10-11)23-9-1-8-19-16(22)20-12-3-5-13(21)6-4-12/h2-7,10,21H,1,8-9H2,(H2,19,20,22). The van der Waals surface area contributed by atoms with Crippen molar-refractivity contribution in [3.8, 4) is 11.5 Å². The van der Waals surface area contributed by atoms with Gasteiger partial charge in [-0.05, 0) is 48.9 Å². The Morgan fingerprint density at radius 1 is 1.22 bits per heavy atom. The molecular weight excluding hydrogens is 384 g/mol. The summed E-state index contributed by atoms with van der Waals surface area (Å²) in [7, 11) is 0. The maximum absolute atomic E-state index is 11.7. The van der Waals surface area contributed by atoms with E-state index in [0.29, 0.717) is 36.0 Å². The number of halogens is 2. The summed E-state index contributed by atoms with van der Waals surface area (Å²) in [6.45, 7) is 0.916. The van der Waals surface area contributed by atoms with E-state index >= 15 is 0 Å². The van der Waals surface area contributed by atoms with Crippen molar-refractivity contribution in [2.24, 2.45) is 0 Å². The van der Waals surface area contributed by atoms with Crippen LogP contribution in [0.3, 0.4) is 0 Å². The summed E-state index contributed by atoms with van der Waals surface area (Å²) in [4.78, 5) is 11.7. The fourth-order valence-corrected chi connectivity index (χ4v) is 2.50. The molecular formula is C16H16BrClN2O3. The molecule has 0 fully saturated rings. The molecule has 0 heterocycles. The summed E-state index contributed by atoms with van der Waals surface area (Å²) >= 11 is 9.37. The molecule has 0 bridgehead atoms. The minimum absolute atomic E-state index is 0.153. The van der Waals surface area contributed by atoms with Gasteiger partial charge in [0, 0.05) is 16.7 Å². The smallest absolute Gasteiger partial charge is 0.319 e. The van der Waals surface area contributed by atoms with Crippen LogP contribution in [0.1, 0.15) is 6.42 Å². The molecule has 0 aliphatic heterocycles. The summed E-state index contributed by atoms with van der Waals surface area (Å²) in [5, 5.41) is 15.1. The van der Waals surface area contributed by atoms with Crippen LogP contribution in [0.25, 0.3) is 0 Å². The van der Waals surface area contributed by atoms with Crippen molar-refractivity contribution in [2.45, 2.75) is 6.42 Å². The van der Waals surface area contributed by atoms with Gasteiger partial charge in [-0.3, -0.25) is 0 Å². The molecule has 0 radical (unpaired) electrons. The molecule has 5 nitrogen and oxygen atoms in total. The number of amides is 2. The zero-order valence-corrected chi connectivity index (χ0v) is 14.5. The number of hydrogen-bond donors (Lipinski definition) is 3. The van der Waals surface area contributed by atoms with E-state index in [1.165, 1.54) is 12.1 Å². The van der Waals surface area contributed by atoms with Crippen molar-refractivity contribution in [3.63, 3.8) is 0 Å². The van der Waals surface area contributed by atoms with E-state index in [0.717, 1.165) is 4.47 Å². The molecule has 0 spiro atoms. The largest absolute Gasteiger partial charge is 0.508 e. The third-order valence-electron chi connectivity index (χ3n) is 2.88. The Hall–Kier alpha value is -1.92. The highest BCUT2D eigenvalue weighted by molar-refractivity contribution is 9.10. The lowest BCUT2D eigenvalue weighted by molar-refractivity contribution is 0.250. The van der Waals surface area contributed by atoms with Gasteiger partial charge < -0.3 is 20.5 Å². The maximum Gasteiger partial charge on any atom is 0.319 e. The molecule has 0 aliphatic rings. The Labute approximate surface area is 147 Å². The molecule has 23 heavy (non-hydrogen) atoms. The van der Waals surface area contributed by atoms with Gasteiger partial charge in [-0.25, -0.2) is 4.79 Å². The topological polar surface area (TPSA) is 70.6 Å². The fourth-order valence-electron chi connectivity index (χ4n) is 1.77. The molecule has 7 heteroatoms. The van der Waals surface area contributed by atoms with E-state index in [2.05, 4.69) is 26.6 Å². The Morgan fingerprint density at radius 2 is 1.96 bits per heavy atom. The summed E-state index contributed by atoms with van der Waals surface area (Å²) in [5.41, 5.74) is 0.609. The predicted molar refractivity (Wildman–Crippen MR) is 94.4 cm³/mol. The van der Waals surface area contributed by atoms with E-state index in [1.807, 2.05) is 6.07 Å². The summed E-state index contributed by atoms with van der Waals surface area (Å²) in [6.07, 6.45) is 0.648. The van der Waals surface area contributed by atoms with Gasteiger partial charge in [-0.15, -0.1) is 0 Å². The zero-order valence-electron chi connectivity index (χ0n) is 12.2. The molecule has 0 atom stereocenters. The van der Waals surface area contributed by atoms with Gasteiger partial charge in [0.15, 0.2) is 0 Å². The third kappa shape index (κ3) is 6.00. The average molecular weight is 400 g/mol. The number of nitrogens with one attached hydrogen (secondary N) is 2. The van der Waals surface area contributed by atoms with Crippen LogP contribution in [0.15, 0.2) is 46.9 Å². The van der Waals surface area contributed by atoms with Gasteiger partial charge >= 0.3 is 6.03 Å². The van der Waals surface area contributed by atoms with Crippen LogP contribution in [-0.2, 0) is 0 Å². The van der Waals surface area contributed by atoms with E-state index < -0.39 is 0 Å². The highest BCUT2D eigenvalue weighted by Crippen LogP contribution is 2.27. The van der Waals surface area contributed by atoms with Gasteiger partial charge in [0.2, 0.25) is 0 Å². The second-order valence-electron chi connectivity index (χ2n) is 4.70. The lowest BCUT2D eigenvalue weighted by Crippen LogP contribution is -2.30. The lowest BCUT2D eigenvalue weighted by atomic mass is 10.3. The second kappa shape index (κ2) is 8.64. The van der Waals surface area contributed by atoms with Crippen LogP contribution in [0.5, 0.6) is 11.5 Å². The normalized spacial score (nSPS) is 10.2. The van der Waals surface area contributed by atoms with Crippen molar-refractivity contribution >= 4 is 39.2 Å². The van der Waals surface area contributed by atoms with Crippen molar-refractivity contribution in [1.82, 2.24) is 5.32 Å². The number of phenols is 1. The van der Waals surface area contributed by atoms with Gasteiger partial charge in [0.1, 0.15) is 11.5 Å². The van der Waals surface area contributed by atoms with E-state index in [-0.39, 0.29) is 11.8 Å². The first kappa shape index (κ1) is 17.4. The van der Waals surface area contributed by atoms with Crippen molar-refractivity contribution < 1.29 is 14.6 Å². The number of rotatable bonds is 6. The summed E-state index contributed by atoms with van der Waals surface area (Å²) in [6, 6.07) is 11.3. The SMILES string of the molecule is O=C(NCCCOc1ccc(Br)cc1Cl)Nc1ccc(O)cc1. The summed E-state index contributed by atoms with van der Waals surface area (Å²) < 4.78 is 6.44. The minimum Gasteiger partial charge on any atom is -0.508 e. The van der Waals surface area contributed by atoms with E-state index in [1.54, 1.807) is 24.3 Å². The number of benzene rings is 2. The van der Waals surface area contributed by atoms with Crippen LogP contribution in [0, 0.1) is 0 Å². The number of carbonyl (C=O) groups is 1. The van der Waals surface area contributed by atoms with Crippen molar-refractivity contribution in [3.05, 3.63) is 52.0 Å². The summed E-state index contributed by atoms with van der Waals surface area (Å²) in [5.74, 6) is 0.767. The molecule has 2 aromatic carbocycles. The molecule has 2 amide bonds. The van der Waals surface area contributed by atoms with Gasteiger partial charge in [0.05, 0.1) is 11.6 Å². The Bertz CT molecular complexity index is 665. The number of phenolic OH excluding ortho intramolecular Hbond substituents is 1. The minimum atomic E-state index is -0.308. The molecule has 0 saturated heterocycles. The Kier molecular flexibility index (Phi) is 6.55. The maximum atomic E-state index is 11.7. The second-order valence-corrected chi connectivity index (χ2v) is 6.03. The van der Waals surface area contributed by atoms with Crippen LogP contribution < -0.4 is 15.4 Å². The van der Waals surface area contributed by atoms with Crippen LogP contribution in [0.2, 0.25) is 5.02 Å². The first-order valence-electron chi connectivity index (χ1n) is 6.96. The monoisotopic (exact) mass is 398 g/mol. The molecule has 2 aromatic rings. The van der Waals surface area contributed by atoms with E-state index in [9.17, 15) is 4.79 Å². The van der Waals surface area contributed by atoms with Crippen molar-refractivity contribution in [2.75, 3.05) is 18.5 Å². The van der Waals surface area contributed by atoms with Crippen LogP contribution in [-0.4, -0.2) is 24.3 Å². The van der Waals surface area contributed by atoms with Crippen molar-refractivity contribution in [1.29, 1.82) is 0 Å². The zero-order chi connectivity index (χ0) is 16.7. The number of hydrogen-bond acceptors (Lipinski definition) is 3. The molecule has 0 unspecified atom stereocenters. The Balaban J connectivity index is 1.65. The Morgan fingerprint density at radius 3 is 2.65 bits per heavy atom. The van der Waals surface area contributed by atoms with Gasteiger partial charge in [0.25, 0.3) is 0 Å². The van der Waals surface area contributed by atoms with E-state index in [4.69, 9.17) is 21.4 Å². The molecule has 122 valence electrons. The number of aromatic hydroxyl groups is 1.